The molecular formula is C20H16FN3O. The van der Waals surface area contributed by atoms with Crippen molar-refractivity contribution in [2.75, 3.05) is 0 Å². The van der Waals surface area contributed by atoms with E-state index >= 15 is 0 Å². The molecule has 0 saturated heterocycles. The van der Waals surface area contributed by atoms with E-state index in [1.807, 2.05) is 25.1 Å². The standard InChI is InChI=1S/C20H16FN3O/c1-13-4-5-15(10-23-13)14-6-7-16(18(21)9-14)11-24-12-19-17(20(24)25)3-2-8-22-19/h2-10H,11-12H2,1H3. The van der Waals surface area contributed by atoms with Crippen LogP contribution in [0.3, 0.4) is 0 Å². The van der Waals surface area contributed by atoms with Crippen LogP contribution in [-0.4, -0.2) is 20.8 Å². The van der Waals surface area contributed by atoms with Crippen molar-refractivity contribution in [2.24, 2.45) is 0 Å². The van der Waals surface area contributed by atoms with Gasteiger partial charge in [-0.25, -0.2) is 4.39 Å². The molecule has 0 fully saturated rings. The zero-order valence-corrected chi connectivity index (χ0v) is 13.7. The lowest BCUT2D eigenvalue weighted by Crippen LogP contribution is -2.23. The van der Waals surface area contributed by atoms with E-state index in [1.54, 1.807) is 35.5 Å². The van der Waals surface area contributed by atoms with E-state index in [4.69, 9.17) is 0 Å². The van der Waals surface area contributed by atoms with Gasteiger partial charge in [-0.3, -0.25) is 14.8 Å². The zero-order valence-electron chi connectivity index (χ0n) is 13.7. The van der Waals surface area contributed by atoms with Gasteiger partial charge in [-0.1, -0.05) is 18.2 Å². The number of fused-ring (bicyclic) bond motifs is 1. The van der Waals surface area contributed by atoms with Crippen molar-refractivity contribution in [2.45, 2.75) is 20.0 Å². The van der Waals surface area contributed by atoms with Gasteiger partial charge in [-0.2, -0.15) is 0 Å². The first kappa shape index (κ1) is 15.4. The van der Waals surface area contributed by atoms with Gasteiger partial charge in [0, 0.05) is 35.8 Å². The Morgan fingerprint density at radius 1 is 1.12 bits per heavy atom. The average molecular weight is 333 g/mol. The quantitative estimate of drug-likeness (QED) is 0.733. The minimum Gasteiger partial charge on any atom is -0.328 e. The number of aryl methyl sites for hydroxylation is 1. The number of aromatic nitrogens is 2. The number of hydrogen-bond donors (Lipinski definition) is 0. The third-order valence-corrected chi connectivity index (χ3v) is 4.41. The van der Waals surface area contributed by atoms with Crippen LogP contribution in [0.1, 0.15) is 27.3 Å². The second-order valence-corrected chi connectivity index (χ2v) is 6.15. The summed E-state index contributed by atoms with van der Waals surface area (Å²) in [6.45, 7) is 2.55. The maximum absolute atomic E-state index is 14.6. The number of carbonyl (C=O) groups excluding carboxylic acids is 1. The molecule has 4 nitrogen and oxygen atoms in total. The molecule has 0 atom stereocenters. The molecule has 1 aromatic carbocycles. The van der Waals surface area contributed by atoms with Gasteiger partial charge < -0.3 is 4.90 Å². The van der Waals surface area contributed by atoms with Gasteiger partial charge in [0.05, 0.1) is 17.8 Å². The zero-order chi connectivity index (χ0) is 17.4. The van der Waals surface area contributed by atoms with Gasteiger partial charge in [0.15, 0.2) is 0 Å². The van der Waals surface area contributed by atoms with Gasteiger partial charge in [0.25, 0.3) is 5.91 Å². The fourth-order valence-corrected chi connectivity index (χ4v) is 3.01. The number of benzene rings is 1. The number of halogens is 1. The third kappa shape index (κ3) is 2.89. The van der Waals surface area contributed by atoms with Crippen molar-refractivity contribution < 1.29 is 9.18 Å². The van der Waals surface area contributed by atoms with Crippen molar-refractivity contribution in [1.29, 1.82) is 0 Å². The Labute approximate surface area is 145 Å². The Morgan fingerprint density at radius 2 is 1.96 bits per heavy atom. The molecule has 124 valence electrons. The predicted molar refractivity (Wildman–Crippen MR) is 92.2 cm³/mol. The number of carbonyl (C=O) groups is 1. The highest BCUT2D eigenvalue weighted by Gasteiger charge is 2.28. The van der Waals surface area contributed by atoms with Crippen LogP contribution in [0, 0.1) is 12.7 Å². The van der Waals surface area contributed by atoms with Crippen LogP contribution in [0.25, 0.3) is 11.1 Å². The summed E-state index contributed by atoms with van der Waals surface area (Å²) in [6.07, 6.45) is 3.40. The fourth-order valence-electron chi connectivity index (χ4n) is 3.01. The highest BCUT2D eigenvalue weighted by Crippen LogP contribution is 2.26. The molecule has 0 spiro atoms. The molecule has 1 amide bonds. The Morgan fingerprint density at radius 3 is 2.68 bits per heavy atom. The van der Waals surface area contributed by atoms with Crippen LogP contribution in [0.2, 0.25) is 0 Å². The lowest BCUT2D eigenvalue weighted by Gasteiger charge is -2.16. The first-order chi connectivity index (χ1) is 12.1. The van der Waals surface area contributed by atoms with Crippen LogP contribution in [0.15, 0.2) is 54.9 Å². The summed E-state index contributed by atoms with van der Waals surface area (Å²) >= 11 is 0. The van der Waals surface area contributed by atoms with Crippen molar-refractivity contribution in [3.05, 3.63) is 83.2 Å². The summed E-state index contributed by atoms with van der Waals surface area (Å²) < 4.78 is 14.6. The predicted octanol–water partition coefficient (Wildman–Crippen LogP) is 3.75. The van der Waals surface area contributed by atoms with Crippen LogP contribution in [0.5, 0.6) is 0 Å². The molecule has 0 radical (unpaired) electrons. The van der Waals surface area contributed by atoms with E-state index < -0.39 is 0 Å². The summed E-state index contributed by atoms with van der Waals surface area (Å²) in [5, 5.41) is 0. The third-order valence-electron chi connectivity index (χ3n) is 4.41. The smallest absolute Gasteiger partial charge is 0.256 e. The van der Waals surface area contributed by atoms with Gasteiger partial charge in [0.1, 0.15) is 5.82 Å². The molecule has 3 aromatic rings. The van der Waals surface area contributed by atoms with Gasteiger partial charge in [-0.05, 0) is 36.8 Å². The molecule has 1 aliphatic heterocycles. The Balaban J connectivity index is 1.56. The number of rotatable bonds is 3. The summed E-state index contributed by atoms with van der Waals surface area (Å²) in [7, 11) is 0. The van der Waals surface area contributed by atoms with E-state index in [2.05, 4.69) is 9.97 Å². The molecule has 0 unspecified atom stereocenters. The van der Waals surface area contributed by atoms with Crippen molar-refractivity contribution >= 4 is 5.91 Å². The Kier molecular flexibility index (Phi) is 3.76. The molecule has 3 heterocycles. The first-order valence-electron chi connectivity index (χ1n) is 8.06. The summed E-state index contributed by atoms with van der Waals surface area (Å²) in [5.74, 6) is -0.427. The minimum atomic E-state index is -0.324. The average Bonchev–Trinajstić information content (AvgIpc) is 2.94. The molecule has 4 rings (SSSR count). The highest BCUT2D eigenvalue weighted by molar-refractivity contribution is 5.97. The molecule has 0 N–H and O–H groups in total. The number of amides is 1. The number of pyridine rings is 2. The Hall–Kier alpha value is -3.08. The summed E-state index contributed by atoms with van der Waals surface area (Å²) in [6, 6.07) is 12.4. The molecule has 25 heavy (non-hydrogen) atoms. The van der Waals surface area contributed by atoms with Gasteiger partial charge in [0.2, 0.25) is 0 Å². The monoisotopic (exact) mass is 333 g/mol. The second-order valence-electron chi connectivity index (χ2n) is 6.15. The van der Waals surface area contributed by atoms with Gasteiger partial charge in [-0.15, -0.1) is 0 Å². The highest BCUT2D eigenvalue weighted by atomic mass is 19.1. The van der Waals surface area contributed by atoms with Crippen molar-refractivity contribution in [3.8, 4) is 11.1 Å². The SMILES string of the molecule is Cc1ccc(-c2ccc(CN3Cc4ncccc4C3=O)c(F)c2)cn1. The number of hydrogen-bond acceptors (Lipinski definition) is 3. The van der Waals surface area contributed by atoms with Crippen molar-refractivity contribution in [1.82, 2.24) is 14.9 Å². The van der Waals surface area contributed by atoms with Gasteiger partial charge >= 0.3 is 0 Å². The summed E-state index contributed by atoms with van der Waals surface area (Å²) in [4.78, 5) is 22.5. The van der Waals surface area contributed by atoms with Crippen LogP contribution in [0.4, 0.5) is 4.39 Å². The van der Waals surface area contributed by atoms with E-state index in [-0.39, 0.29) is 18.3 Å². The van der Waals surface area contributed by atoms with Crippen LogP contribution >= 0.6 is 0 Å². The van der Waals surface area contributed by atoms with E-state index in [0.29, 0.717) is 17.7 Å². The second kappa shape index (κ2) is 6.09. The lowest BCUT2D eigenvalue weighted by molar-refractivity contribution is 0.0765. The van der Waals surface area contributed by atoms with E-state index in [1.165, 1.54) is 6.07 Å². The van der Waals surface area contributed by atoms with E-state index in [9.17, 15) is 9.18 Å². The maximum Gasteiger partial charge on any atom is 0.256 e. The molecule has 0 aliphatic carbocycles. The number of nitrogens with zero attached hydrogens (tertiary/aromatic N) is 3. The topological polar surface area (TPSA) is 46.1 Å². The maximum atomic E-state index is 14.6. The lowest BCUT2D eigenvalue weighted by atomic mass is 10.0. The van der Waals surface area contributed by atoms with E-state index in [0.717, 1.165) is 22.5 Å². The largest absolute Gasteiger partial charge is 0.328 e. The van der Waals surface area contributed by atoms with Crippen LogP contribution < -0.4 is 0 Å². The fraction of sp³-hybridized carbons (Fsp3) is 0.150. The molecular weight excluding hydrogens is 317 g/mol. The minimum absolute atomic E-state index is 0.102. The Bertz CT molecular complexity index is 953. The normalized spacial score (nSPS) is 13.2. The molecule has 2 aromatic heterocycles. The first-order valence-corrected chi connectivity index (χ1v) is 8.06. The van der Waals surface area contributed by atoms with Crippen molar-refractivity contribution in [3.63, 3.8) is 0 Å². The molecule has 1 aliphatic rings. The molecule has 0 saturated carbocycles. The molecule has 5 heteroatoms. The van der Waals surface area contributed by atoms with Crippen LogP contribution in [-0.2, 0) is 13.1 Å². The summed E-state index contributed by atoms with van der Waals surface area (Å²) in [5.41, 5.74) is 4.39. The molecule has 0 bridgehead atoms.